The van der Waals surface area contributed by atoms with Crippen molar-refractivity contribution in [3.63, 3.8) is 0 Å². The van der Waals surface area contributed by atoms with Crippen LogP contribution < -0.4 is 5.73 Å². The first-order valence-corrected chi connectivity index (χ1v) is 7.13. The predicted octanol–water partition coefficient (Wildman–Crippen LogP) is 3.57. The molecule has 0 fully saturated rings. The summed E-state index contributed by atoms with van der Waals surface area (Å²) >= 11 is 1.82. The summed E-state index contributed by atoms with van der Waals surface area (Å²) in [4.78, 5) is 3.79. The maximum Gasteiger partial charge on any atom is 0.0410 e. The lowest BCUT2D eigenvalue weighted by Crippen LogP contribution is -2.24. The fraction of sp³-hybridized carbons (Fsp3) is 0.333. The second-order valence-corrected chi connectivity index (χ2v) is 5.60. The van der Waals surface area contributed by atoms with Gasteiger partial charge in [0.1, 0.15) is 0 Å². The zero-order valence-corrected chi connectivity index (χ0v) is 11.8. The number of likely N-dealkylation sites (N-methyl/N-ethyl adjacent to an activating group) is 1. The second-order valence-electron chi connectivity index (χ2n) is 4.62. The van der Waals surface area contributed by atoms with Gasteiger partial charge in [-0.1, -0.05) is 24.3 Å². The molecule has 1 aromatic carbocycles. The number of hydrogen-bond donors (Lipinski definition) is 1. The molecule has 2 nitrogen and oxygen atoms in total. The summed E-state index contributed by atoms with van der Waals surface area (Å²) in [5.41, 5.74) is 8.10. The molecule has 18 heavy (non-hydrogen) atoms. The van der Waals surface area contributed by atoms with Gasteiger partial charge < -0.3 is 5.73 Å². The Morgan fingerprint density at radius 2 is 2.00 bits per heavy atom. The van der Waals surface area contributed by atoms with E-state index in [1.54, 1.807) is 0 Å². The first-order valence-electron chi connectivity index (χ1n) is 6.25. The minimum absolute atomic E-state index is 0.468. The van der Waals surface area contributed by atoms with Crippen LogP contribution in [-0.2, 0) is 6.42 Å². The van der Waals surface area contributed by atoms with E-state index in [0.717, 1.165) is 18.7 Å². The van der Waals surface area contributed by atoms with Gasteiger partial charge >= 0.3 is 0 Å². The van der Waals surface area contributed by atoms with Gasteiger partial charge in [-0.3, -0.25) is 4.90 Å². The van der Waals surface area contributed by atoms with Crippen LogP contribution in [-0.4, -0.2) is 18.5 Å². The van der Waals surface area contributed by atoms with Crippen molar-refractivity contribution in [2.75, 3.05) is 19.3 Å². The van der Waals surface area contributed by atoms with E-state index in [-0.39, 0.29) is 0 Å². The molecule has 0 aliphatic rings. The van der Waals surface area contributed by atoms with Gasteiger partial charge in [0.25, 0.3) is 0 Å². The first-order chi connectivity index (χ1) is 8.68. The van der Waals surface area contributed by atoms with E-state index >= 15 is 0 Å². The van der Waals surface area contributed by atoms with Crippen molar-refractivity contribution >= 4 is 17.0 Å². The fourth-order valence-electron chi connectivity index (χ4n) is 2.00. The van der Waals surface area contributed by atoms with E-state index in [1.807, 2.05) is 29.5 Å². The third-order valence-corrected chi connectivity index (χ3v) is 4.45. The lowest BCUT2D eigenvalue weighted by Gasteiger charge is -2.24. The molecule has 96 valence electrons. The van der Waals surface area contributed by atoms with Gasteiger partial charge in [-0.15, -0.1) is 11.3 Å². The van der Waals surface area contributed by atoms with Gasteiger partial charge in [-0.25, -0.2) is 0 Å². The number of hydrogen-bond acceptors (Lipinski definition) is 3. The highest BCUT2D eigenvalue weighted by molar-refractivity contribution is 7.10. The Balaban J connectivity index is 1.92. The average molecular weight is 260 g/mol. The molecule has 0 saturated heterocycles. The molecule has 0 saturated carbocycles. The molecule has 0 bridgehead atoms. The smallest absolute Gasteiger partial charge is 0.0410 e. The monoisotopic (exact) mass is 260 g/mol. The minimum atomic E-state index is 0.468. The quantitative estimate of drug-likeness (QED) is 0.833. The number of thiophene rings is 1. The Bertz CT molecular complexity index is 479. The first kappa shape index (κ1) is 13.1. The number of para-hydroxylation sites is 1. The van der Waals surface area contributed by atoms with Crippen molar-refractivity contribution in [3.8, 4) is 0 Å². The van der Waals surface area contributed by atoms with Gasteiger partial charge in [-0.2, -0.15) is 0 Å². The number of anilines is 1. The summed E-state index contributed by atoms with van der Waals surface area (Å²) in [7, 11) is 2.17. The molecule has 1 heterocycles. The standard InChI is InChI=1S/C15H20N2S/c1-12(15-8-5-11-18-15)17(2)10-9-13-6-3-4-7-14(13)16/h3-8,11-12H,9-10,16H2,1-2H3. The molecule has 2 N–H and O–H groups in total. The molecule has 0 aliphatic carbocycles. The second kappa shape index (κ2) is 6.03. The van der Waals surface area contributed by atoms with Gasteiger partial charge in [0, 0.05) is 23.2 Å². The Hall–Kier alpha value is -1.32. The van der Waals surface area contributed by atoms with E-state index in [1.165, 1.54) is 10.4 Å². The number of benzene rings is 1. The van der Waals surface area contributed by atoms with E-state index < -0.39 is 0 Å². The third-order valence-electron chi connectivity index (χ3n) is 3.41. The molecule has 0 amide bonds. The topological polar surface area (TPSA) is 29.3 Å². The SMILES string of the molecule is CC(c1cccs1)N(C)CCc1ccccc1N. The highest BCUT2D eigenvalue weighted by Gasteiger charge is 2.12. The summed E-state index contributed by atoms with van der Waals surface area (Å²) in [6.07, 6.45) is 0.999. The molecule has 2 aromatic rings. The number of nitrogens with zero attached hydrogens (tertiary/aromatic N) is 1. The third kappa shape index (κ3) is 3.12. The van der Waals surface area contributed by atoms with Crippen molar-refractivity contribution in [3.05, 3.63) is 52.2 Å². The van der Waals surface area contributed by atoms with Crippen LogP contribution in [0.1, 0.15) is 23.4 Å². The lowest BCUT2D eigenvalue weighted by molar-refractivity contribution is 0.268. The predicted molar refractivity (Wildman–Crippen MR) is 79.9 cm³/mol. The van der Waals surface area contributed by atoms with Crippen LogP contribution in [0.25, 0.3) is 0 Å². The van der Waals surface area contributed by atoms with Gasteiger partial charge in [0.05, 0.1) is 0 Å². The van der Waals surface area contributed by atoms with Crippen LogP contribution in [0.2, 0.25) is 0 Å². The van der Waals surface area contributed by atoms with Gasteiger partial charge in [-0.05, 0) is 43.5 Å². The van der Waals surface area contributed by atoms with E-state index in [4.69, 9.17) is 5.73 Å². The summed E-state index contributed by atoms with van der Waals surface area (Å²) < 4.78 is 0. The molecule has 1 atom stereocenters. The van der Waals surface area contributed by atoms with E-state index in [0.29, 0.717) is 6.04 Å². The number of nitrogens with two attached hydrogens (primary N) is 1. The molecule has 2 rings (SSSR count). The summed E-state index contributed by atoms with van der Waals surface area (Å²) in [6, 6.07) is 12.9. The Kier molecular flexibility index (Phi) is 4.39. The van der Waals surface area contributed by atoms with Crippen LogP contribution in [0, 0.1) is 0 Å². The highest BCUT2D eigenvalue weighted by Crippen LogP contribution is 2.23. The molecular formula is C15H20N2S. The van der Waals surface area contributed by atoms with Crippen LogP contribution in [0.4, 0.5) is 5.69 Å². The Morgan fingerprint density at radius 3 is 2.67 bits per heavy atom. The largest absolute Gasteiger partial charge is 0.399 e. The fourth-order valence-corrected chi connectivity index (χ4v) is 2.85. The highest BCUT2D eigenvalue weighted by atomic mass is 32.1. The number of rotatable bonds is 5. The van der Waals surface area contributed by atoms with Gasteiger partial charge in [0.2, 0.25) is 0 Å². The summed E-state index contributed by atoms with van der Waals surface area (Å²) in [5.74, 6) is 0. The molecular weight excluding hydrogens is 240 g/mol. The van der Waals surface area contributed by atoms with E-state index in [9.17, 15) is 0 Å². The lowest BCUT2D eigenvalue weighted by atomic mass is 10.1. The van der Waals surface area contributed by atoms with Crippen LogP contribution in [0.15, 0.2) is 41.8 Å². The summed E-state index contributed by atoms with van der Waals surface area (Å²) in [6.45, 7) is 3.27. The minimum Gasteiger partial charge on any atom is -0.399 e. The normalized spacial score (nSPS) is 12.8. The van der Waals surface area contributed by atoms with Gasteiger partial charge in [0.15, 0.2) is 0 Å². The average Bonchev–Trinajstić information content (AvgIpc) is 2.90. The number of nitrogen functional groups attached to an aromatic ring is 1. The van der Waals surface area contributed by atoms with Crippen molar-refractivity contribution in [1.29, 1.82) is 0 Å². The van der Waals surface area contributed by atoms with Crippen LogP contribution >= 0.6 is 11.3 Å². The molecule has 3 heteroatoms. The van der Waals surface area contributed by atoms with Crippen LogP contribution in [0.5, 0.6) is 0 Å². The molecule has 0 radical (unpaired) electrons. The maximum atomic E-state index is 5.96. The Morgan fingerprint density at radius 1 is 1.22 bits per heavy atom. The van der Waals surface area contributed by atoms with Crippen molar-refractivity contribution in [2.45, 2.75) is 19.4 Å². The maximum absolute atomic E-state index is 5.96. The zero-order chi connectivity index (χ0) is 13.0. The van der Waals surface area contributed by atoms with Crippen molar-refractivity contribution in [1.82, 2.24) is 4.90 Å². The molecule has 0 aliphatic heterocycles. The van der Waals surface area contributed by atoms with Crippen molar-refractivity contribution < 1.29 is 0 Å². The summed E-state index contributed by atoms with van der Waals surface area (Å²) in [5, 5.41) is 2.13. The Labute approximate surface area is 113 Å². The molecule has 1 aromatic heterocycles. The molecule has 0 spiro atoms. The molecule has 1 unspecified atom stereocenters. The van der Waals surface area contributed by atoms with Crippen LogP contribution in [0.3, 0.4) is 0 Å². The zero-order valence-electron chi connectivity index (χ0n) is 11.0. The van der Waals surface area contributed by atoms with E-state index in [2.05, 4.69) is 42.5 Å². The van der Waals surface area contributed by atoms with Crippen molar-refractivity contribution in [2.24, 2.45) is 0 Å².